The van der Waals surface area contributed by atoms with Gasteiger partial charge in [0, 0.05) is 12.1 Å². The summed E-state index contributed by atoms with van der Waals surface area (Å²) in [5, 5.41) is 2.07. The van der Waals surface area contributed by atoms with Crippen molar-refractivity contribution in [2.45, 2.75) is 6.10 Å². The lowest BCUT2D eigenvalue weighted by Gasteiger charge is -2.28. The van der Waals surface area contributed by atoms with Crippen molar-refractivity contribution in [3.63, 3.8) is 0 Å². The lowest BCUT2D eigenvalue weighted by Crippen LogP contribution is -2.39. The molecule has 9 heteroatoms. The maximum atomic E-state index is 13.8. The van der Waals surface area contributed by atoms with E-state index in [1.165, 1.54) is 12.1 Å². The van der Waals surface area contributed by atoms with Crippen molar-refractivity contribution in [1.29, 1.82) is 0 Å². The average Bonchev–Trinajstić information content (AvgIpc) is 2.79. The number of aromatic nitrogens is 1. The molecule has 128 valence electrons. The third-order valence-electron chi connectivity index (χ3n) is 4.02. The number of carbonyl (C=O) groups excluding carboxylic acids is 2. The number of fused-ring (bicyclic) bond motifs is 1. The average molecular weight is 345 g/mol. The minimum absolute atomic E-state index is 0.0457. The Morgan fingerprint density at radius 2 is 1.96 bits per heavy atom. The van der Waals surface area contributed by atoms with E-state index in [1.807, 2.05) is 0 Å². The SMILES string of the molecule is Nc1c2c(cc(=O)n1-c1cc(F)ccc1OC1COC1)C(=O)NC2=O. The van der Waals surface area contributed by atoms with Gasteiger partial charge in [-0.2, -0.15) is 0 Å². The molecule has 3 heterocycles. The van der Waals surface area contributed by atoms with E-state index in [0.29, 0.717) is 13.2 Å². The largest absolute Gasteiger partial charge is 0.483 e. The van der Waals surface area contributed by atoms with Crippen LogP contribution in [0.25, 0.3) is 5.69 Å². The van der Waals surface area contributed by atoms with Gasteiger partial charge < -0.3 is 15.2 Å². The van der Waals surface area contributed by atoms with Crippen molar-refractivity contribution in [2.75, 3.05) is 18.9 Å². The molecule has 0 radical (unpaired) electrons. The van der Waals surface area contributed by atoms with E-state index in [1.54, 1.807) is 0 Å². The van der Waals surface area contributed by atoms with Gasteiger partial charge in [0.05, 0.1) is 30.0 Å². The van der Waals surface area contributed by atoms with E-state index in [4.69, 9.17) is 15.2 Å². The number of nitrogens with zero attached hydrogens (tertiary/aromatic N) is 1. The Morgan fingerprint density at radius 3 is 2.64 bits per heavy atom. The first-order valence-corrected chi connectivity index (χ1v) is 7.41. The molecule has 2 amide bonds. The van der Waals surface area contributed by atoms with Crippen LogP contribution < -0.4 is 21.3 Å². The Kier molecular flexibility index (Phi) is 3.32. The molecule has 0 aliphatic carbocycles. The Labute approximate surface area is 139 Å². The second-order valence-corrected chi connectivity index (χ2v) is 5.66. The highest BCUT2D eigenvalue weighted by Gasteiger charge is 2.32. The zero-order valence-electron chi connectivity index (χ0n) is 12.7. The number of nitrogens with one attached hydrogen (secondary N) is 1. The van der Waals surface area contributed by atoms with Crippen LogP contribution in [0, 0.1) is 5.82 Å². The molecule has 1 fully saturated rings. The fourth-order valence-corrected chi connectivity index (χ4v) is 2.75. The number of carbonyl (C=O) groups is 2. The third kappa shape index (κ3) is 2.36. The zero-order valence-corrected chi connectivity index (χ0v) is 12.7. The molecule has 2 aliphatic rings. The molecule has 0 bridgehead atoms. The van der Waals surface area contributed by atoms with E-state index >= 15 is 0 Å². The number of hydrogen-bond acceptors (Lipinski definition) is 6. The smallest absolute Gasteiger partial charge is 0.262 e. The van der Waals surface area contributed by atoms with Crippen molar-refractivity contribution < 1.29 is 23.5 Å². The highest BCUT2D eigenvalue weighted by Crippen LogP contribution is 2.30. The van der Waals surface area contributed by atoms with Crippen molar-refractivity contribution in [3.05, 3.63) is 51.6 Å². The monoisotopic (exact) mass is 345 g/mol. The number of benzene rings is 1. The summed E-state index contributed by atoms with van der Waals surface area (Å²) in [6.45, 7) is 0.755. The molecule has 0 atom stereocenters. The van der Waals surface area contributed by atoms with E-state index in [9.17, 15) is 18.8 Å². The first-order valence-electron chi connectivity index (χ1n) is 7.41. The zero-order chi connectivity index (χ0) is 17.7. The van der Waals surface area contributed by atoms with Crippen molar-refractivity contribution in [2.24, 2.45) is 0 Å². The molecule has 0 spiro atoms. The predicted octanol–water partition coefficient (Wildman–Crippen LogP) is 0.220. The van der Waals surface area contributed by atoms with Gasteiger partial charge in [-0.1, -0.05) is 0 Å². The fourth-order valence-electron chi connectivity index (χ4n) is 2.75. The van der Waals surface area contributed by atoms with Crippen LogP contribution in [0.1, 0.15) is 20.7 Å². The standard InChI is InChI=1S/C16H12FN3O5/c17-7-1-2-11(25-8-5-24-6-8)10(3-7)20-12(21)4-9-13(14(20)18)16(23)19-15(9)22/h1-4,8H,5-6,18H2,(H,19,22,23). The van der Waals surface area contributed by atoms with Gasteiger partial charge in [-0.3, -0.25) is 24.3 Å². The molecular formula is C16H12FN3O5. The van der Waals surface area contributed by atoms with Gasteiger partial charge in [-0.05, 0) is 12.1 Å². The van der Waals surface area contributed by atoms with Crippen molar-refractivity contribution in [3.8, 4) is 11.4 Å². The number of imide groups is 1. The first kappa shape index (κ1) is 15.3. The van der Waals surface area contributed by atoms with E-state index < -0.39 is 23.2 Å². The molecule has 4 rings (SSSR count). The van der Waals surface area contributed by atoms with Gasteiger partial charge in [0.1, 0.15) is 23.5 Å². The van der Waals surface area contributed by atoms with Crippen molar-refractivity contribution in [1.82, 2.24) is 9.88 Å². The van der Waals surface area contributed by atoms with Crippen LogP contribution in [0.3, 0.4) is 0 Å². The summed E-state index contributed by atoms with van der Waals surface area (Å²) < 4.78 is 25.4. The van der Waals surface area contributed by atoms with Gasteiger partial charge in [-0.15, -0.1) is 0 Å². The lowest BCUT2D eigenvalue weighted by atomic mass is 10.1. The number of halogens is 1. The summed E-state index contributed by atoms with van der Waals surface area (Å²) >= 11 is 0. The number of hydrogen-bond donors (Lipinski definition) is 2. The minimum atomic E-state index is -0.711. The minimum Gasteiger partial charge on any atom is -0.483 e. The highest BCUT2D eigenvalue weighted by atomic mass is 19.1. The van der Waals surface area contributed by atoms with Crippen LogP contribution in [0.2, 0.25) is 0 Å². The quantitative estimate of drug-likeness (QED) is 0.770. The summed E-state index contributed by atoms with van der Waals surface area (Å²) in [5.74, 6) is -2.06. The van der Waals surface area contributed by atoms with Gasteiger partial charge in [-0.25, -0.2) is 4.39 Å². The molecule has 25 heavy (non-hydrogen) atoms. The first-order chi connectivity index (χ1) is 12.0. The number of rotatable bonds is 3. The number of nitrogens with two attached hydrogens (primary N) is 1. The summed E-state index contributed by atoms with van der Waals surface area (Å²) in [6.07, 6.45) is -0.222. The number of amides is 2. The Morgan fingerprint density at radius 1 is 1.20 bits per heavy atom. The molecule has 1 saturated heterocycles. The molecule has 3 N–H and O–H groups in total. The summed E-state index contributed by atoms with van der Waals surface area (Å²) in [4.78, 5) is 36.1. The van der Waals surface area contributed by atoms with Crippen LogP contribution in [0.15, 0.2) is 29.1 Å². The summed E-state index contributed by atoms with van der Waals surface area (Å²) in [5.41, 5.74) is 5.11. The number of nitrogen functional groups attached to an aromatic ring is 1. The summed E-state index contributed by atoms with van der Waals surface area (Å²) in [7, 11) is 0. The van der Waals surface area contributed by atoms with Crippen LogP contribution in [0.5, 0.6) is 5.75 Å². The van der Waals surface area contributed by atoms with E-state index in [2.05, 4.69) is 5.32 Å². The molecule has 1 aromatic heterocycles. The number of ether oxygens (including phenoxy) is 2. The van der Waals surface area contributed by atoms with Gasteiger partial charge in [0.25, 0.3) is 17.4 Å². The fraction of sp³-hybridized carbons (Fsp3) is 0.188. The topological polar surface area (TPSA) is 113 Å². The number of pyridine rings is 1. The number of anilines is 1. The van der Waals surface area contributed by atoms with E-state index in [0.717, 1.165) is 16.7 Å². The van der Waals surface area contributed by atoms with Gasteiger partial charge in [0.2, 0.25) is 0 Å². The molecule has 8 nitrogen and oxygen atoms in total. The molecular weight excluding hydrogens is 333 g/mol. The molecule has 2 aromatic rings. The van der Waals surface area contributed by atoms with Crippen molar-refractivity contribution >= 4 is 17.6 Å². The van der Waals surface area contributed by atoms with Crippen LogP contribution in [-0.2, 0) is 4.74 Å². The van der Waals surface area contributed by atoms with E-state index in [-0.39, 0.29) is 34.5 Å². The normalized spacial score (nSPS) is 16.4. The third-order valence-corrected chi connectivity index (χ3v) is 4.02. The maximum absolute atomic E-state index is 13.8. The molecule has 1 aromatic carbocycles. The van der Waals surface area contributed by atoms with Crippen LogP contribution in [0.4, 0.5) is 10.2 Å². The maximum Gasteiger partial charge on any atom is 0.262 e. The molecule has 0 unspecified atom stereocenters. The molecule has 2 aliphatic heterocycles. The lowest BCUT2D eigenvalue weighted by molar-refractivity contribution is -0.0796. The van der Waals surface area contributed by atoms with Gasteiger partial charge >= 0.3 is 0 Å². The Bertz CT molecular complexity index is 980. The van der Waals surface area contributed by atoms with Crippen LogP contribution >= 0.6 is 0 Å². The molecule has 0 saturated carbocycles. The summed E-state index contributed by atoms with van der Waals surface area (Å²) in [6, 6.07) is 4.62. The Hall–Kier alpha value is -3.20. The second-order valence-electron chi connectivity index (χ2n) is 5.66. The second kappa shape index (κ2) is 5.42. The van der Waals surface area contributed by atoms with Gasteiger partial charge in [0.15, 0.2) is 0 Å². The van der Waals surface area contributed by atoms with Crippen LogP contribution in [-0.4, -0.2) is 35.7 Å². The highest BCUT2D eigenvalue weighted by molar-refractivity contribution is 6.23. The Balaban J connectivity index is 1.92. The predicted molar refractivity (Wildman–Crippen MR) is 83.4 cm³/mol.